The Balaban J connectivity index is 2.37. The summed E-state index contributed by atoms with van der Waals surface area (Å²) in [5.74, 6) is -10.3. The van der Waals surface area contributed by atoms with Gasteiger partial charge in [-0.1, -0.05) is 79.5 Å². The third kappa shape index (κ3) is 26.5. The zero-order valence-corrected chi connectivity index (χ0v) is 64.5. The number of piperidine rings is 1. The average Bonchev–Trinajstić information content (AvgIpc) is 0.801. The number of hydrogen-bond donors (Lipinski definition) is 4. The molecule has 1 aromatic rings. The molecule has 2 heterocycles. The van der Waals surface area contributed by atoms with E-state index in [0.717, 1.165) is 58.9 Å². The first kappa shape index (κ1) is 89.0. The molecule has 1 aromatic carbocycles. The van der Waals surface area contributed by atoms with Crippen LogP contribution in [0.15, 0.2) is 18.2 Å². The van der Waals surface area contributed by atoms with Crippen LogP contribution in [0.1, 0.15) is 152 Å². The van der Waals surface area contributed by atoms with Crippen molar-refractivity contribution < 1.29 is 85.3 Å². The second-order valence-electron chi connectivity index (χ2n) is 29.9. The third-order valence-electron chi connectivity index (χ3n) is 18.6. The Kier molecular flexibility index (Phi) is 34.6. The molecule has 3 rings (SSSR count). The van der Waals surface area contributed by atoms with Crippen LogP contribution in [0.2, 0.25) is 5.02 Å². The summed E-state index contributed by atoms with van der Waals surface area (Å²) in [6.07, 6.45) is -2.85. The van der Waals surface area contributed by atoms with Gasteiger partial charge in [0.25, 0.3) is 0 Å². The van der Waals surface area contributed by atoms with Crippen LogP contribution in [0, 0.1) is 23.7 Å². The quantitative estimate of drug-likeness (QED) is 0.142. The number of nitrogens with one attached hydrogen (secondary N) is 3. The van der Waals surface area contributed by atoms with Crippen molar-refractivity contribution in [3.05, 3.63) is 34.3 Å². The van der Waals surface area contributed by atoms with Crippen LogP contribution in [0.3, 0.4) is 0 Å². The van der Waals surface area contributed by atoms with Crippen LogP contribution in [0.5, 0.6) is 0 Å². The number of ether oxygens (including phenoxy) is 2. The number of likely N-dealkylation sites (tertiary alicyclic amines) is 1. The maximum atomic E-state index is 15.4. The van der Waals surface area contributed by atoms with E-state index in [1.807, 2.05) is 27.7 Å². The van der Waals surface area contributed by atoms with Gasteiger partial charge in [0.05, 0.1) is 62.1 Å². The highest BCUT2D eigenvalue weighted by molar-refractivity contribution is 6.31. The van der Waals surface area contributed by atoms with Crippen molar-refractivity contribution in [3.63, 3.8) is 0 Å². The SMILES string of the molecule is CC[C@H](C)[C@@H]1NC(=O)[C@H](CC(C)C)N(C)C(=O)C[C@@H](C(=O)N2CCCCC2)N(C)C(=O)[C@@H](CC(C)C)N(C)C(=O)C(C)(C)NC(=O)[C@H](COCC(C)(C)O)N(C)C(=O)[C@H](CCc2ccc(C(F)(F)F)c(Cl)c2)NC(=O)CN(C)C(=O)[C@H](COCCC(C)C)N(C)C(=O)CN(C)C(=O)CN(C)C1=O. The molecular formula is C71H116ClF3N12O15. The van der Waals surface area contributed by atoms with Gasteiger partial charge in [-0.2, -0.15) is 13.2 Å². The van der Waals surface area contributed by atoms with Gasteiger partial charge in [0, 0.05) is 76.1 Å². The predicted octanol–water partition coefficient (Wildman–Crippen LogP) is 4.07. The first-order chi connectivity index (χ1) is 47.2. The molecule has 2 fully saturated rings. The zero-order chi connectivity index (χ0) is 77.8. The van der Waals surface area contributed by atoms with Gasteiger partial charge in [-0.05, 0) is 120 Å². The molecule has 27 nitrogen and oxygen atoms in total. The predicted molar refractivity (Wildman–Crippen MR) is 377 cm³/mol. The van der Waals surface area contributed by atoms with Gasteiger partial charge in [-0.3, -0.25) is 57.5 Å². The third-order valence-corrected chi connectivity index (χ3v) is 18.9. The Morgan fingerprint density at radius 2 is 1.20 bits per heavy atom. The van der Waals surface area contributed by atoms with E-state index in [2.05, 4.69) is 16.0 Å². The summed E-state index contributed by atoms with van der Waals surface area (Å²) in [7, 11) is 10.5. The fourth-order valence-corrected chi connectivity index (χ4v) is 12.2. The molecular weight excluding hydrogens is 1350 g/mol. The molecule has 0 unspecified atom stereocenters. The number of aryl methyl sites for hydroxylation is 1. The molecule has 0 bridgehead atoms. The average molecular weight is 1470 g/mol. The number of likely N-dealkylation sites (N-methyl/N-ethyl adjacent to an activating group) is 8. The number of nitrogens with zero attached hydrogens (tertiary/aromatic N) is 9. The van der Waals surface area contributed by atoms with Crippen molar-refractivity contribution >= 4 is 82.5 Å². The molecule has 8 atom stereocenters. The lowest BCUT2D eigenvalue weighted by Crippen LogP contribution is -2.64. The van der Waals surface area contributed by atoms with Gasteiger partial charge in [-0.25, -0.2) is 0 Å². The normalized spacial score (nSPS) is 23.6. The minimum Gasteiger partial charge on any atom is -0.388 e. The van der Waals surface area contributed by atoms with E-state index in [1.54, 1.807) is 32.6 Å². The van der Waals surface area contributed by atoms with Crippen LogP contribution >= 0.6 is 11.6 Å². The van der Waals surface area contributed by atoms with Gasteiger partial charge in [0.15, 0.2) is 0 Å². The van der Waals surface area contributed by atoms with Crippen molar-refractivity contribution in [1.29, 1.82) is 0 Å². The lowest BCUT2D eigenvalue weighted by Gasteiger charge is -2.40. The fraction of sp³-hybridized carbons (Fsp3) is 0.746. The molecule has 578 valence electrons. The van der Waals surface area contributed by atoms with E-state index in [1.165, 1.54) is 89.0 Å². The molecule has 0 aliphatic carbocycles. The van der Waals surface area contributed by atoms with Gasteiger partial charge >= 0.3 is 6.18 Å². The van der Waals surface area contributed by atoms with E-state index >= 15 is 19.2 Å². The number of halogens is 4. The summed E-state index contributed by atoms with van der Waals surface area (Å²) in [6, 6.07) is -7.10. The van der Waals surface area contributed by atoms with Crippen molar-refractivity contribution in [2.45, 2.75) is 207 Å². The fourth-order valence-electron chi connectivity index (χ4n) is 11.9. The molecule has 0 radical (unpaired) electrons. The van der Waals surface area contributed by atoms with Gasteiger partial charge in [0.1, 0.15) is 47.8 Å². The number of amides is 12. The highest BCUT2D eigenvalue weighted by Gasteiger charge is 2.45. The number of benzene rings is 1. The minimum absolute atomic E-state index is 0.00517. The van der Waals surface area contributed by atoms with Crippen LogP contribution in [-0.4, -0.2) is 289 Å². The number of carbonyl (C=O) groups excluding carboxylic acids is 12. The number of hydrogen-bond acceptors (Lipinski definition) is 15. The van der Waals surface area contributed by atoms with Crippen LogP contribution in [0.4, 0.5) is 13.2 Å². The van der Waals surface area contributed by atoms with E-state index in [0.29, 0.717) is 38.8 Å². The molecule has 4 N–H and O–H groups in total. The summed E-state index contributed by atoms with van der Waals surface area (Å²) in [5, 5.41) is 18.2. The second kappa shape index (κ2) is 39.6. The van der Waals surface area contributed by atoms with Crippen molar-refractivity contribution in [1.82, 2.24) is 60.0 Å². The molecule has 2 aliphatic heterocycles. The largest absolute Gasteiger partial charge is 0.417 e. The van der Waals surface area contributed by atoms with Crippen molar-refractivity contribution in [3.8, 4) is 0 Å². The van der Waals surface area contributed by atoms with Crippen molar-refractivity contribution in [2.75, 3.05) is 116 Å². The van der Waals surface area contributed by atoms with E-state index in [9.17, 15) is 56.6 Å². The second-order valence-corrected chi connectivity index (χ2v) is 30.3. The maximum absolute atomic E-state index is 15.4. The molecule has 12 amide bonds. The summed E-state index contributed by atoms with van der Waals surface area (Å²) >= 11 is 6.12. The van der Waals surface area contributed by atoms with Crippen molar-refractivity contribution in [2.24, 2.45) is 23.7 Å². The van der Waals surface area contributed by atoms with E-state index < -0.39 is 180 Å². The zero-order valence-electron chi connectivity index (χ0n) is 63.7. The summed E-state index contributed by atoms with van der Waals surface area (Å²) < 4.78 is 53.4. The number of alkyl halides is 3. The highest BCUT2D eigenvalue weighted by atomic mass is 35.5. The molecule has 2 aliphatic rings. The Bertz CT molecular complexity index is 3070. The number of aliphatic hydroxyl groups is 1. The van der Waals surface area contributed by atoms with E-state index in [-0.39, 0.29) is 68.8 Å². The minimum atomic E-state index is -4.81. The summed E-state index contributed by atoms with van der Waals surface area (Å²) in [4.78, 5) is 187. The van der Waals surface area contributed by atoms with Crippen LogP contribution in [0.25, 0.3) is 0 Å². The monoisotopic (exact) mass is 1470 g/mol. The highest BCUT2D eigenvalue weighted by Crippen LogP contribution is 2.35. The Morgan fingerprint density at radius 3 is 1.75 bits per heavy atom. The molecule has 102 heavy (non-hydrogen) atoms. The van der Waals surface area contributed by atoms with E-state index in [4.69, 9.17) is 21.1 Å². The first-order valence-corrected chi connectivity index (χ1v) is 35.5. The standard InChI is InChI=1S/C71H116ClF3N12O15/c1-21-46(8)60-67(98)81(15)38-58(90)79(13)39-59(91)83(17)55(41-101-32-29-43(2)3)64(95)80(14)37-56(88)76-50(28-26-47-25-27-48(49(72)35-47)71(73,74)75)63(94)85(19)54(40-102-42-69(9,10)100)62(93)78-70(11,12)68(99)86(20)52(34-45(6)7)65(96)84(18)53(66(97)87-30-23-22-24-31-87)36-57(89)82(16)51(33-44(4)5)61(92)77-60/h25,27,35,43-46,50-55,60,100H,21-24,26,28-34,36-42H2,1-20H3,(H,76,88)(H,77,92)(H,78,93)/t46-,50-,51-,52+,53-,54-,55-,60-/m0/s1. The maximum Gasteiger partial charge on any atom is 0.417 e. The van der Waals surface area contributed by atoms with Crippen LogP contribution < -0.4 is 16.0 Å². The van der Waals surface area contributed by atoms with Crippen LogP contribution in [-0.2, 0) is 79.6 Å². The number of rotatable bonds is 19. The Hall–Kier alpha value is -7.18. The molecule has 0 saturated carbocycles. The first-order valence-electron chi connectivity index (χ1n) is 35.2. The van der Waals surface area contributed by atoms with Gasteiger partial charge in [-0.15, -0.1) is 0 Å². The van der Waals surface area contributed by atoms with Gasteiger partial charge in [0.2, 0.25) is 70.9 Å². The summed E-state index contributed by atoms with van der Waals surface area (Å²) in [5.41, 5.74) is -4.35. The molecule has 31 heteroatoms. The molecule has 0 spiro atoms. The lowest BCUT2D eigenvalue weighted by molar-refractivity contribution is -0.155. The summed E-state index contributed by atoms with van der Waals surface area (Å²) in [6.45, 7) is 17.6. The smallest absolute Gasteiger partial charge is 0.388 e. The Morgan fingerprint density at radius 1 is 0.637 bits per heavy atom. The molecule has 0 aromatic heterocycles. The topological polar surface area (TPSA) is 309 Å². The lowest BCUT2D eigenvalue weighted by atomic mass is 9.95. The van der Waals surface area contributed by atoms with Gasteiger partial charge < -0.3 is 74.6 Å². The Labute approximate surface area is 605 Å². The number of carbonyl (C=O) groups is 12. The molecule has 2 saturated heterocycles.